The molecule has 1 saturated heterocycles. The Hall–Kier alpha value is -2.06. The summed E-state index contributed by atoms with van der Waals surface area (Å²) in [6.45, 7) is 5.88. The molecule has 0 atom stereocenters. The van der Waals surface area contributed by atoms with Gasteiger partial charge in [-0.1, -0.05) is 55.5 Å². The van der Waals surface area contributed by atoms with E-state index >= 15 is 0 Å². The van der Waals surface area contributed by atoms with Gasteiger partial charge in [-0.3, -0.25) is 4.90 Å². The number of hydrogen-bond acceptors (Lipinski definition) is 1. The predicted octanol–water partition coefficient (Wildman–Crippen LogP) is 5.08. The smallest absolute Gasteiger partial charge is 0.0534 e. The Morgan fingerprint density at radius 2 is 1.58 bits per heavy atom. The number of rotatable bonds is 3. The van der Waals surface area contributed by atoms with Gasteiger partial charge in [-0.15, -0.1) is 0 Å². The zero-order valence-corrected chi connectivity index (χ0v) is 14.7. The van der Waals surface area contributed by atoms with Crippen molar-refractivity contribution in [1.29, 1.82) is 0 Å². The van der Waals surface area contributed by atoms with E-state index in [1.165, 1.54) is 53.7 Å². The highest BCUT2D eigenvalue weighted by atomic mass is 15.1. The average molecular weight is 318 g/mol. The van der Waals surface area contributed by atoms with Crippen LogP contribution >= 0.6 is 0 Å². The molecule has 3 aromatic rings. The van der Waals surface area contributed by atoms with Crippen molar-refractivity contribution in [3.8, 4) is 11.3 Å². The van der Waals surface area contributed by atoms with Crippen LogP contribution < -0.4 is 0 Å². The number of aromatic nitrogens is 1. The Bertz CT molecular complexity index is 824. The molecule has 0 amide bonds. The van der Waals surface area contributed by atoms with Crippen molar-refractivity contribution in [3.05, 3.63) is 60.2 Å². The van der Waals surface area contributed by atoms with Crippen LogP contribution in [0.15, 0.2) is 54.6 Å². The van der Waals surface area contributed by atoms with E-state index in [1.54, 1.807) is 0 Å². The quantitative estimate of drug-likeness (QED) is 0.654. The van der Waals surface area contributed by atoms with Gasteiger partial charge >= 0.3 is 0 Å². The van der Waals surface area contributed by atoms with Gasteiger partial charge in [0.1, 0.15) is 0 Å². The van der Waals surface area contributed by atoms with Gasteiger partial charge in [0.15, 0.2) is 0 Å². The van der Waals surface area contributed by atoms with Gasteiger partial charge in [0.05, 0.1) is 5.69 Å². The monoisotopic (exact) mass is 318 g/mol. The Kier molecular flexibility index (Phi) is 4.15. The van der Waals surface area contributed by atoms with Crippen molar-refractivity contribution >= 4 is 10.9 Å². The van der Waals surface area contributed by atoms with Crippen molar-refractivity contribution in [2.75, 3.05) is 13.1 Å². The van der Waals surface area contributed by atoms with E-state index in [9.17, 15) is 0 Å². The van der Waals surface area contributed by atoms with Gasteiger partial charge in [0.25, 0.3) is 0 Å². The molecule has 0 aliphatic carbocycles. The highest BCUT2D eigenvalue weighted by Gasteiger charge is 2.21. The van der Waals surface area contributed by atoms with Crippen molar-refractivity contribution in [2.24, 2.45) is 13.0 Å². The van der Waals surface area contributed by atoms with Gasteiger partial charge in [-0.2, -0.15) is 0 Å². The lowest BCUT2D eigenvalue weighted by atomic mass is 9.98. The van der Waals surface area contributed by atoms with E-state index in [4.69, 9.17) is 0 Å². The molecular weight excluding hydrogens is 292 g/mol. The standard InChI is InChI=1S/C22H26N2/c1-17-12-14-24(15-13-17)16-20-19-10-6-7-11-21(19)23(2)22(20)18-8-4-3-5-9-18/h3-11,17H,12-16H2,1-2H3. The zero-order valence-electron chi connectivity index (χ0n) is 14.7. The molecule has 4 rings (SSSR count). The van der Waals surface area contributed by atoms with Gasteiger partial charge < -0.3 is 4.57 Å². The van der Waals surface area contributed by atoms with Crippen LogP contribution in [0.4, 0.5) is 0 Å². The Labute approximate surface area is 144 Å². The molecule has 2 aromatic carbocycles. The Morgan fingerprint density at radius 1 is 0.917 bits per heavy atom. The SMILES string of the molecule is CC1CCN(Cc2c(-c3ccccc3)n(C)c3ccccc23)CC1. The Morgan fingerprint density at radius 3 is 2.33 bits per heavy atom. The summed E-state index contributed by atoms with van der Waals surface area (Å²) in [5, 5.41) is 1.40. The topological polar surface area (TPSA) is 8.17 Å². The minimum absolute atomic E-state index is 0.877. The second-order valence-electron chi connectivity index (χ2n) is 7.23. The third-order valence-corrected chi connectivity index (χ3v) is 5.52. The highest BCUT2D eigenvalue weighted by molar-refractivity contribution is 5.91. The average Bonchev–Trinajstić information content (AvgIpc) is 2.90. The third-order valence-electron chi connectivity index (χ3n) is 5.52. The number of fused-ring (bicyclic) bond motifs is 1. The second kappa shape index (κ2) is 6.45. The molecule has 1 aromatic heterocycles. The molecule has 1 aliphatic heterocycles. The van der Waals surface area contributed by atoms with Crippen molar-refractivity contribution < 1.29 is 0 Å². The molecule has 2 heteroatoms. The van der Waals surface area contributed by atoms with Crippen molar-refractivity contribution in [3.63, 3.8) is 0 Å². The first kappa shape index (κ1) is 15.5. The number of benzene rings is 2. The van der Waals surface area contributed by atoms with Crippen LogP contribution in [-0.4, -0.2) is 22.6 Å². The maximum absolute atomic E-state index is 2.63. The molecule has 2 nitrogen and oxygen atoms in total. The van der Waals surface area contributed by atoms with Crippen LogP contribution in [0.25, 0.3) is 22.2 Å². The second-order valence-corrected chi connectivity index (χ2v) is 7.23. The molecule has 2 heterocycles. The van der Waals surface area contributed by atoms with Crippen LogP contribution in [0.3, 0.4) is 0 Å². The summed E-state index contributed by atoms with van der Waals surface area (Å²) >= 11 is 0. The van der Waals surface area contributed by atoms with Crippen LogP contribution in [0, 0.1) is 5.92 Å². The van der Waals surface area contributed by atoms with E-state index in [1.807, 2.05) is 0 Å². The third kappa shape index (κ3) is 2.76. The number of nitrogens with zero attached hydrogens (tertiary/aromatic N) is 2. The largest absolute Gasteiger partial charge is 0.343 e. The number of para-hydroxylation sites is 1. The summed E-state index contributed by atoms with van der Waals surface area (Å²) in [6.07, 6.45) is 2.65. The fraction of sp³-hybridized carbons (Fsp3) is 0.364. The molecule has 24 heavy (non-hydrogen) atoms. The molecular formula is C22H26N2. The summed E-state index contributed by atoms with van der Waals surface area (Å²) < 4.78 is 2.37. The van der Waals surface area contributed by atoms with Gasteiger partial charge in [0, 0.05) is 24.5 Å². The van der Waals surface area contributed by atoms with E-state index < -0.39 is 0 Å². The summed E-state index contributed by atoms with van der Waals surface area (Å²) in [7, 11) is 2.20. The minimum atomic E-state index is 0.877. The fourth-order valence-corrected chi connectivity index (χ4v) is 4.04. The molecule has 1 aliphatic rings. The first-order valence-electron chi connectivity index (χ1n) is 9.08. The summed E-state index contributed by atoms with van der Waals surface area (Å²) in [5.41, 5.74) is 5.50. The number of piperidine rings is 1. The lowest BCUT2D eigenvalue weighted by Gasteiger charge is -2.30. The molecule has 124 valence electrons. The Balaban J connectivity index is 1.80. The summed E-state index contributed by atoms with van der Waals surface area (Å²) in [6, 6.07) is 19.7. The fourth-order valence-electron chi connectivity index (χ4n) is 4.04. The van der Waals surface area contributed by atoms with Crippen LogP contribution in [0.5, 0.6) is 0 Å². The lowest BCUT2D eigenvalue weighted by molar-refractivity contribution is 0.186. The first-order chi connectivity index (χ1) is 11.7. The maximum Gasteiger partial charge on any atom is 0.0534 e. The molecule has 0 unspecified atom stereocenters. The minimum Gasteiger partial charge on any atom is -0.343 e. The molecule has 0 N–H and O–H groups in total. The first-order valence-corrected chi connectivity index (χ1v) is 9.08. The summed E-state index contributed by atoms with van der Waals surface area (Å²) in [5.74, 6) is 0.877. The van der Waals surface area contributed by atoms with E-state index in [2.05, 4.69) is 78.0 Å². The highest BCUT2D eigenvalue weighted by Crippen LogP contribution is 2.34. The maximum atomic E-state index is 2.63. The molecule has 0 saturated carbocycles. The number of likely N-dealkylation sites (tertiary alicyclic amines) is 1. The van der Waals surface area contributed by atoms with Crippen LogP contribution in [-0.2, 0) is 13.6 Å². The molecule has 0 bridgehead atoms. The normalized spacial score (nSPS) is 16.8. The van der Waals surface area contributed by atoms with Crippen LogP contribution in [0.1, 0.15) is 25.3 Å². The van der Waals surface area contributed by atoms with E-state index in [0.29, 0.717) is 0 Å². The zero-order chi connectivity index (χ0) is 16.5. The number of aryl methyl sites for hydroxylation is 1. The van der Waals surface area contributed by atoms with Crippen LogP contribution in [0.2, 0.25) is 0 Å². The molecule has 1 fully saturated rings. The van der Waals surface area contributed by atoms with E-state index in [0.717, 1.165) is 12.5 Å². The predicted molar refractivity (Wildman–Crippen MR) is 102 cm³/mol. The molecule has 0 spiro atoms. The van der Waals surface area contributed by atoms with Gasteiger partial charge in [0.2, 0.25) is 0 Å². The summed E-state index contributed by atoms with van der Waals surface area (Å²) in [4.78, 5) is 2.63. The van der Waals surface area contributed by atoms with Gasteiger partial charge in [-0.05, 0) is 49.0 Å². The van der Waals surface area contributed by atoms with E-state index in [-0.39, 0.29) is 0 Å². The molecule has 0 radical (unpaired) electrons. The lowest BCUT2D eigenvalue weighted by Crippen LogP contribution is -2.32. The van der Waals surface area contributed by atoms with Gasteiger partial charge in [-0.25, -0.2) is 0 Å². The number of hydrogen-bond donors (Lipinski definition) is 0. The van der Waals surface area contributed by atoms with Crippen molar-refractivity contribution in [2.45, 2.75) is 26.3 Å². The van der Waals surface area contributed by atoms with Crippen molar-refractivity contribution in [1.82, 2.24) is 9.47 Å².